The quantitative estimate of drug-likeness (QED) is 0.221. The van der Waals surface area contributed by atoms with Gasteiger partial charge in [-0.1, -0.05) is 29.8 Å². The average Bonchev–Trinajstić information content (AvgIpc) is 3.30. The van der Waals surface area contributed by atoms with Crippen molar-refractivity contribution in [2.24, 2.45) is 23.2 Å². The Kier molecular flexibility index (Phi) is 9.81. The van der Waals surface area contributed by atoms with Crippen molar-refractivity contribution in [3.63, 3.8) is 0 Å². The summed E-state index contributed by atoms with van der Waals surface area (Å²) < 4.78 is 39.9. The molecule has 0 radical (unpaired) electrons. The van der Waals surface area contributed by atoms with Crippen LogP contribution in [-0.4, -0.2) is 66.5 Å². The predicted octanol–water partition coefficient (Wildman–Crippen LogP) is 5.14. The van der Waals surface area contributed by atoms with E-state index in [4.69, 9.17) is 25.8 Å². The van der Waals surface area contributed by atoms with Crippen LogP contribution in [0.15, 0.2) is 59.1 Å². The zero-order valence-corrected chi connectivity index (χ0v) is 30.7. The van der Waals surface area contributed by atoms with Crippen molar-refractivity contribution in [2.45, 2.75) is 56.5 Å². The van der Waals surface area contributed by atoms with Gasteiger partial charge in [-0.25, -0.2) is 4.21 Å². The third kappa shape index (κ3) is 6.83. The molecule has 2 aliphatic heterocycles. The van der Waals surface area contributed by atoms with Crippen LogP contribution in [0.25, 0.3) is 0 Å². The number of halogens is 1. The molecule has 1 saturated carbocycles. The number of amides is 2. The molecule has 272 valence electrons. The van der Waals surface area contributed by atoms with Crippen LogP contribution in [0.4, 0.5) is 5.69 Å². The van der Waals surface area contributed by atoms with Gasteiger partial charge in [-0.3, -0.25) is 14.3 Å². The van der Waals surface area contributed by atoms with Gasteiger partial charge in [0.05, 0.1) is 44.5 Å². The van der Waals surface area contributed by atoms with E-state index >= 15 is 0 Å². The first-order valence-corrected chi connectivity index (χ1v) is 19.5. The number of benzene rings is 2. The van der Waals surface area contributed by atoms with Crippen molar-refractivity contribution < 1.29 is 32.9 Å². The molecule has 2 bridgehead atoms. The number of hydrogen-bond donors (Lipinski definition) is 1. The first-order valence-electron chi connectivity index (χ1n) is 17.5. The van der Waals surface area contributed by atoms with Gasteiger partial charge in [0.1, 0.15) is 15.7 Å². The number of rotatable bonds is 4. The number of ether oxygens (including phenoxy) is 3. The van der Waals surface area contributed by atoms with E-state index in [2.05, 4.69) is 32.2 Å². The fourth-order valence-electron chi connectivity index (χ4n) is 8.20. The molecule has 2 amide bonds. The number of aryl methyl sites for hydroxylation is 2. The molecule has 14 heteroatoms. The Hall–Kier alpha value is -4.07. The molecule has 5 atom stereocenters. The van der Waals surface area contributed by atoms with E-state index in [0.717, 1.165) is 54.0 Å². The molecule has 2 aromatic carbocycles. The Morgan fingerprint density at radius 3 is 2.80 bits per heavy atom. The van der Waals surface area contributed by atoms with Crippen molar-refractivity contribution in [3.05, 3.63) is 87.2 Å². The number of methoxy groups -OCH3 is 2. The number of anilines is 1. The second kappa shape index (κ2) is 14.2. The van der Waals surface area contributed by atoms with Gasteiger partial charge in [0.2, 0.25) is 0 Å². The second-order valence-corrected chi connectivity index (χ2v) is 16.6. The van der Waals surface area contributed by atoms with Crippen LogP contribution in [0.5, 0.6) is 11.6 Å². The Morgan fingerprint density at radius 2 is 2.04 bits per heavy atom. The Labute approximate surface area is 303 Å². The van der Waals surface area contributed by atoms with Gasteiger partial charge < -0.3 is 24.3 Å². The number of aromatic nitrogens is 2. The first-order chi connectivity index (χ1) is 24.5. The topological polar surface area (TPSA) is 138 Å². The zero-order valence-electron chi connectivity index (χ0n) is 29.1. The summed E-state index contributed by atoms with van der Waals surface area (Å²) in [6, 6.07) is 11.4. The highest BCUT2D eigenvalue weighted by atomic mass is 35.5. The molecule has 1 aromatic heterocycles. The highest BCUT2D eigenvalue weighted by Gasteiger charge is 2.44. The molecule has 2 aliphatic carbocycles. The maximum Gasteiger partial charge on any atom is 0.418 e. The van der Waals surface area contributed by atoms with Crippen molar-refractivity contribution >= 4 is 39.0 Å². The molecule has 1 fully saturated rings. The van der Waals surface area contributed by atoms with Crippen molar-refractivity contribution in [3.8, 4) is 11.6 Å². The summed E-state index contributed by atoms with van der Waals surface area (Å²) in [5, 5.41) is 13.1. The lowest BCUT2D eigenvalue weighted by atomic mass is 9.68. The van der Waals surface area contributed by atoms with Crippen LogP contribution in [-0.2, 0) is 33.5 Å². The lowest BCUT2D eigenvalue weighted by molar-refractivity contribution is -0.696. The summed E-state index contributed by atoms with van der Waals surface area (Å²) in [5.74, 6) is -0.551. The maximum atomic E-state index is 14.4. The molecule has 3 heterocycles. The lowest BCUT2D eigenvalue weighted by Gasteiger charge is -2.46. The smallest absolute Gasteiger partial charge is 0.418 e. The molecular formula is C37H44ClN5O7S. The third-order valence-electron chi connectivity index (χ3n) is 11.0. The standard InChI is InChI=1S/C37H44ClN5O7S/c1-41-21-29(36(49-3)43(41)46)35(45)40-51(47)17-6-4-5-9-32(48-2)28-13-10-26(28)20-42-22-37(16-7-8-24-18-27(38)12-14-30(24)37)23-50-33-15-11-25(19-31(33)42)34(44)39-51/h5,9,11-12,14-15,18-19,21,26,28,32H,4,6-8,10,13,16-17,20,22-23H2,1-3H3,(H,39,40,44,45,47)/b9-5-/t26-,28+,32-,37-,51?/m0/s1. The number of nitrogens with one attached hydrogen (secondary N) is 1. The van der Waals surface area contributed by atoms with Gasteiger partial charge in [-0.15, -0.1) is 9.04 Å². The molecule has 0 saturated heterocycles. The molecule has 12 nitrogen and oxygen atoms in total. The SMILES string of the molecule is COc1c(C(=O)NS2(=O)=NC(=O)c3ccc4c(c3)N(C[C@@H]3CC[C@H]3[C@@H](OC)/C=C\CCC2)C[C@@]2(CCCc3cc(Cl)ccc32)CO4)cn(C)[n+]1[O-]. The number of fused-ring (bicyclic) bond motifs is 4. The van der Waals surface area contributed by atoms with Crippen molar-refractivity contribution in [1.82, 2.24) is 9.40 Å². The van der Waals surface area contributed by atoms with E-state index in [1.807, 2.05) is 12.1 Å². The summed E-state index contributed by atoms with van der Waals surface area (Å²) in [7, 11) is 0.812. The van der Waals surface area contributed by atoms with Gasteiger partial charge in [-0.05, 0) is 103 Å². The maximum absolute atomic E-state index is 14.4. The zero-order chi connectivity index (χ0) is 35.9. The fraction of sp³-hybridized carbons (Fsp3) is 0.486. The van der Waals surface area contributed by atoms with Gasteiger partial charge in [-0.2, -0.15) is 0 Å². The third-order valence-corrected chi connectivity index (χ3v) is 13.0. The van der Waals surface area contributed by atoms with E-state index in [9.17, 15) is 19.0 Å². The second-order valence-electron chi connectivity index (χ2n) is 14.1. The average molecular weight is 738 g/mol. The minimum atomic E-state index is -3.64. The molecule has 1 N–H and O–H groups in total. The van der Waals surface area contributed by atoms with Crippen LogP contribution in [0.3, 0.4) is 0 Å². The van der Waals surface area contributed by atoms with Gasteiger partial charge >= 0.3 is 5.88 Å². The largest absolute Gasteiger partial charge is 0.593 e. The predicted molar refractivity (Wildman–Crippen MR) is 194 cm³/mol. The van der Waals surface area contributed by atoms with E-state index in [1.54, 1.807) is 25.3 Å². The molecular weight excluding hydrogens is 694 g/mol. The number of allylic oxidation sites excluding steroid dienone is 1. The lowest BCUT2D eigenvalue weighted by Crippen LogP contribution is -2.49. The van der Waals surface area contributed by atoms with Crippen molar-refractivity contribution in [1.29, 1.82) is 0 Å². The Balaban J connectivity index is 1.29. The van der Waals surface area contributed by atoms with Crippen LogP contribution in [0.2, 0.25) is 5.02 Å². The monoisotopic (exact) mass is 737 g/mol. The van der Waals surface area contributed by atoms with Crippen LogP contribution in [0.1, 0.15) is 70.4 Å². The summed E-state index contributed by atoms with van der Waals surface area (Å²) in [6.07, 6.45) is 11.2. The molecule has 4 aliphatic rings. The highest BCUT2D eigenvalue weighted by molar-refractivity contribution is 7.92. The summed E-state index contributed by atoms with van der Waals surface area (Å²) in [5.41, 5.74) is 3.10. The molecule has 51 heavy (non-hydrogen) atoms. The Bertz CT molecular complexity index is 2010. The molecule has 1 unspecified atom stereocenters. The number of carbonyl (C=O) groups is 2. The molecule has 7 rings (SSSR count). The number of hydrogen-bond acceptors (Lipinski definition) is 8. The molecule has 3 aromatic rings. The van der Waals surface area contributed by atoms with Gasteiger partial charge in [0, 0.05) is 36.2 Å². The van der Waals surface area contributed by atoms with E-state index < -0.39 is 21.7 Å². The minimum absolute atomic E-state index is 0.0861. The van der Waals surface area contributed by atoms with Crippen LogP contribution in [0, 0.1) is 17.0 Å². The highest BCUT2D eigenvalue weighted by Crippen LogP contribution is 2.47. The van der Waals surface area contributed by atoms with E-state index in [-0.39, 0.29) is 34.3 Å². The normalized spacial score (nSPS) is 28.3. The van der Waals surface area contributed by atoms with Crippen molar-refractivity contribution in [2.75, 3.05) is 44.6 Å². The van der Waals surface area contributed by atoms with Gasteiger partial charge in [0.15, 0.2) is 5.56 Å². The fourth-order valence-corrected chi connectivity index (χ4v) is 9.96. The first kappa shape index (κ1) is 35.3. The minimum Gasteiger partial charge on any atom is -0.593 e. The van der Waals surface area contributed by atoms with E-state index in [1.165, 1.54) is 31.5 Å². The molecule has 1 spiro atoms. The Morgan fingerprint density at radius 1 is 1.20 bits per heavy atom. The van der Waals surface area contributed by atoms with Crippen LogP contribution >= 0.6 is 11.6 Å². The number of carbonyl (C=O) groups excluding carboxylic acids is 2. The van der Waals surface area contributed by atoms with E-state index in [0.29, 0.717) is 48.4 Å². The van der Waals surface area contributed by atoms with Gasteiger partial charge in [0.25, 0.3) is 11.8 Å². The van der Waals surface area contributed by atoms with Crippen LogP contribution < -0.4 is 23.9 Å². The number of nitrogens with zero attached hydrogens (tertiary/aromatic N) is 4. The summed E-state index contributed by atoms with van der Waals surface area (Å²) in [4.78, 5) is 30.1. The summed E-state index contributed by atoms with van der Waals surface area (Å²) >= 11 is 6.44. The summed E-state index contributed by atoms with van der Waals surface area (Å²) in [6.45, 7) is 1.91.